The summed E-state index contributed by atoms with van der Waals surface area (Å²) in [6.45, 7) is 1.83. The van der Waals surface area contributed by atoms with Gasteiger partial charge in [-0.3, -0.25) is 4.79 Å². The Morgan fingerprint density at radius 2 is 2.06 bits per heavy atom. The van der Waals surface area contributed by atoms with E-state index in [1.54, 1.807) is 6.07 Å². The Hall–Kier alpha value is -1.42. The maximum absolute atomic E-state index is 13.1. The molecule has 2 rings (SSSR count). The average Bonchev–Trinajstić information content (AvgIpc) is 2.29. The number of hydrogen-bond donors (Lipinski definition) is 1. The summed E-state index contributed by atoms with van der Waals surface area (Å²) in [5, 5.41) is 3.22. The van der Waals surface area contributed by atoms with E-state index in [0.29, 0.717) is 17.6 Å². The molecule has 0 bridgehead atoms. The Labute approximate surface area is 93.6 Å². The summed E-state index contributed by atoms with van der Waals surface area (Å²) in [5.74, 6) is 0.00235. The summed E-state index contributed by atoms with van der Waals surface area (Å²) in [5.41, 5.74) is 0.309. The van der Waals surface area contributed by atoms with Crippen molar-refractivity contribution < 1.29 is 13.9 Å². The minimum absolute atomic E-state index is 0.113. The molecule has 0 aromatic heterocycles. The van der Waals surface area contributed by atoms with E-state index in [1.807, 2.05) is 0 Å². The Balaban J connectivity index is 2.07. The minimum Gasteiger partial charge on any atom is -0.490 e. The molecule has 1 heterocycles. The van der Waals surface area contributed by atoms with Gasteiger partial charge in [0.25, 0.3) is 0 Å². The van der Waals surface area contributed by atoms with Gasteiger partial charge in [-0.15, -0.1) is 0 Å². The lowest BCUT2D eigenvalue weighted by atomic mass is 10.1. The van der Waals surface area contributed by atoms with Crippen molar-refractivity contribution >= 4 is 6.29 Å². The largest absolute Gasteiger partial charge is 0.490 e. The molecule has 0 radical (unpaired) electrons. The highest BCUT2D eigenvalue weighted by Gasteiger charge is 2.14. The molecule has 1 N–H and O–H groups in total. The van der Waals surface area contributed by atoms with Crippen LogP contribution in [-0.4, -0.2) is 25.5 Å². The van der Waals surface area contributed by atoms with Crippen molar-refractivity contribution in [1.29, 1.82) is 0 Å². The number of carbonyl (C=O) groups excluding carboxylic acids is 1. The molecule has 3 nitrogen and oxygen atoms in total. The number of piperidine rings is 1. The molecule has 1 fully saturated rings. The predicted octanol–water partition coefficient (Wildman–Crippen LogP) is 1.77. The van der Waals surface area contributed by atoms with Gasteiger partial charge < -0.3 is 10.1 Å². The summed E-state index contributed by atoms with van der Waals surface area (Å²) in [6, 6.07) is 4.08. The quantitative estimate of drug-likeness (QED) is 0.794. The number of nitrogens with one attached hydrogen (secondary N) is 1. The van der Waals surface area contributed by atoms with Crippen molar-refractivity contribution in [2.24, 2.45) is 0 Å². The molecular weight excluding hydrogens is 209 g/mol. The van der Waals surface area contributed by atoms with Crippen LogP contribution >= 0.6 is 0 Å². The van der Waals surface area contributed by atoms with Gasteiger partial charge in [-0.2, -0.15) is 0 Å². The highest BCUT2D eigenvalue weighted by molar-refractivity contribution is 5.75. The third-order valence-corrected chi connectivity index (χ3v) is 2.62. The monoisotopic (exact) mass is 223 g/mol. The van der Waals surface area contributed by atoms with Gasteiger partial charge in [-0.25, -0.2) is 4.39 Å². The van der Waals surface area contributed by atoms with E-state index >= 15 is 0 Å². The minimum atomic E-state index is -0.437. The zero-order valence-electron chi connectivity index (χ0n) is 8.91. The fourth-order valence-corrected chi connectivity index (χ4v) is 1.83. The lowest BCUT2D eigenvalue weighted by molar-refractivity contribution is 0.112. The van der Waals surface area contributed by atoms with Crippen LogP contribution < -0.4 is 10.1 Å². The Morgan fingerprint density at radius 1 is 1.31 bits per heavy atom. The second-order valence-electron chi connectivity index (χ2n) is 3.91. The molecule has 16 heavy (non-hydrogen) atoms. The molecule has 1 aromatic carbocycles. The first-order chi connectivity index (χ1) is 7.78. The molecule has 1 aliphatic heterocycles. The molecule has 0 unspecified atom stereocenters. The maximum Gasteiger partial charge on any atom is 0.150 e. The topological polar surface area (TPSA) is 38.3 Å². The predicted molar refractivity (Wildman–Crippen MR) is 58.3 cm³/mol. The van der Waals surface area contributed by atoms with Crippen molar-refractivity contribution in [1.82, 2.24) is 5.32 Å². The molecule has 1 saturated heterocycles. The molecule has 86 valence electrons. The van der Waals surface area contributed by atoms with Gasteiger partial charge in [0.1, 0.15) is 24.0 Å². The molecule has 0 aliphatic carbocycles. The summed E-state index contributed by atoms with van der Waals surface area (Å²) in [7, 11) is 0. The van der Waals surface area contributed by atoms with E-state index in [0.717, 1.165) is 25.9 Å². The molecule has 1 aliphatic rings. The fourth-order valence-electron chi connectivity index (χ4n) is 1.83. The number of hydrogen-bond acceptors (Lipinski definition) is 3. The van der Waals surface area contributed by atoms with Gasteiger partial charge in [0, 0.05) is 11.6 Å². The van der Waals surface area contributed by atoms with Gasteiger partial charge >= 0.3 is 0 Å². The lowest BCUT2D eigenvalue weighted by Crippen LogP contribution is -2.34. The van der Waals surface area contributed by atoms with Gasteiger partial charge in [-0.1, -0.05) is 0 Å². The number of rotatable bonds is 3. The maximum atomic E-state index is 13.1. The molecule has 4 heteroatoms. The van der Waals surface area contributed by atoms with E-state index in [2.05, 4.69) is 5.32 Å². The van der Waals surface area contributed by atoms with Crippen molar-refractivity contribution in [2.45, 2.75) is 18.9 Å². The van der Waals surface area contributed by atoms with Crippen LogP contribution in [0.15, 0.2) is 18.2 Å². The van der Waals surface area contributed by atoms with Crippen molar-refractivity contribution in [3.8, 4) is 5.75 Å². The fraction of sp³-hybridized carbons (Fsp3) is 0.417. The van der Waals surface area contributed by atoms with Gasteiger partial charge in [-0.05, 0) is 38.1 Å². The average molecular weight is 223 g/mol. The van der Waals surface area contributed by atoms with Crippen LogP contribution in [0.4, 0.5) is 4.39 Å². The van der Waals surface area contributed by atoms with Gasteiger partial charge in [0.2, 0.25) is 0 Å². The van der Waals surface area contributed by atoms with Crippen molar-refractivity contribution in [3.05, 3.63) is 29.6 Å². The molecular formula is C12H14FNO2. The second kappa shape index (κ2) is 5.07. The lowest BCUT2D eigenvalue weighted by Gasteiger charge is -2.23. The molecule has 0 atom stereocenters. The Kier molecular flexibility index (Phi) is 3.51. The number of halogens is 1. The Morgan fingerprint density at radius 3 is 2.75 bits per heavy atom. The zero-order chi connectivity index (χ0) is 11.4. The van der Waals surface area contributed by atoms with E-state index in [-0.39, 0.29) is 6.10 Å². The van der Waals surface area contributed by atoms with Crippen LogP contribution in [0.3, 0.4) is 0 Å². The van der Waals surface area contributed by atoms with Crippen LogP contribution in [0.25, 0.3) is 0 Å². The van der Waals surface area contributed by atoms with Crippen LogP contribution in [0, 0.1) is 5.82 Å². The summed E-state index contributed by atoms with van der Waals surface area (Å²) >= 11 is 0. The zero-order valence-corrected chi connectivity index (χ0v) is 8.91. The normalized spacial score (nSPS) is 17.1. The smallest absolute Gasteiger partial charge is 0.150 e. The molecule has 0 amide bonds. The van der Waals surface area contributed by atoms with Crippen LogP contribution in [0.2, 0.25) is 0 Å². The van der Waals surface area contributed by atoms with E-state index < -0.39 is 5.82 Å². The van der Waals surface area contributed by atoms with Gasteiger partial charge in [0.15, 0.2) is 0 Å². The summed E-state index contributed by atoms with van der Waals surface area (Å²) < 4.78 is 18.8. The molecule has 0 spiro atoms. The number of ether oxygens (including phenoxy) is 1. The highest BCUT2D eigenvalue weighted by atomic mass is 19.1. The second-order valence-corrected chi connectivity index (χ2v) is 3.91. The van der Waals surface area contributed by atoms with Crippen molar-refractivity contribution in [3.63, 3.8) is 0 Å². The van der Waals surface area contributed by atoms with E-state index in [4.69, 9.17) is 4.74 Å². The number of carbonyl (C=O) groups is 1. The summed E-state index contributed by atoms with van der Waals surface area (Å²) in [6.07, 6.45) is 2.56. The first kappa shape index (κ1) is 11.1. The van der Waals surface area contributed by atoms with Crippen LogP contribution in [-0.2, 0) is 0 Å². The summed E-state index contributed by atoms with van der Waals surface area (Å²) in [4.78, 5) is 10.6. The third kappa shape index (κ3) is 2.79. The first-order valence-corrected chi connectivity index (χ1v) is 5.41. The van der Waals surface area contributed by atoms with Gasteiger partial charge in [0.05, 0.1) is 0 Å². The number of aldehydes is 1. The third-order valence-electron chi connectivity index (χ3n) is 2.62. The van der Waals surface area contributed by atoms with Crippen LogP contribution in [0.1, 0.15) is 23.2 Å². The first-order valence-electron chi connectivity index (χ1n) is 5.41. The van der Waals surface area contributed by atoms with Crippen molar-refractivity contribution in [2.75, 3.05) is 13.1 Å². The number of benzene rings is 1. The van der Waals surface area contributed by atoms with Crippen LogP contribution in [0.5, 0.6) is 5.75 Å². The Bertz CT molecular complexity index is 375. The van der Waals surface area contributed by atoms with E-state index in [9.17, 15) is 9.18 Å². The standard InChI is InChI=1S/C12H14FNO2/c13-10-5-9(8-15)6-12(7-10)16-11-1-3-14-4-2-11/h5-8,11,14H,1-4H2. The SMILES string of the molecule is O=Cc1cc(F)cc(OC2CCNCC2)c1. The molecule has 1 aromatic rings. The van der Waals surface area contributed by atoms with E-state index in [1.165, 1.54) is 12.1 Å². The highest BCUT2D eigenvalue weighted by Crippen LogP contribution is 2.19. The molecule has 0 saturated carbocycles.